The van der Waals surface area contributed by atoms with Crippen LogP contribution in [-0.2, 0) is 0 Å². The minimum absolute atomic E-state index is 0.277. The largest absolute Gasteiger partial charge is 0.494 e. The number of hydrogen-bond acceptors (Lipinski definition) is 5. The number of pyridine rings is 1. The molecule has 0 saturated carbocycles. The van der Waals surface area contributed by atoms with Crippen LogP contribution < -0.4 is 9.64 Å². The summed E-state index contributed by atoms with van der Waals surface area (Å²) in [5.74, 6) is -3.37. The number of halogens is 4. The quantitative estimate of drug-likeness (QED) is 0.413. The second-order valence-electron chi connectivity index (χ2n) is 7.56. The summed E-state index contributed by atoms with van der Waals surface area (Å²) in [6.07, 6.45) is 3.18. The summed E-state index contributed by atoms with van der Waals surface area (Å²) >= 11 is 0. The van der Waals surface area contributed by atoms with E-state index in [0.717, 1.165) is 6.07 Å². The van der Waals surface area contributed by atoms with Crippen molar-refractivity contribution in [2.45, 2.75) is 5.92 Å². The summed E-state index contributed by atoms with van der Waals surface area (Å²) < 4.78 is 60.5. The van der Waals surface area contributed by atoms with Crippen LogP contribution in [0.4, 0.5) is 23.4 Å². The molecule has 0 N–H and O–H groups in total. The maximum atomic E-state index is 13.8. The predicted octanol–water partition coefficient (Wildman–Crippen LogP) is 5.10. The first kappa shape index (κ1) is 20.2. The molecule has 5 rings (SSSR count). The Morgan fingerprint density at radius 3 is 2.28 bits per heavy atom. The van der Waals surface area contributed by atoms with E-state index >= 15 is 0 Å². The zero-order valence-corrected chi connectivity index (χ0v) is 16.8. The lowest BCUT2D eigenvalue weighted by atomic mass is 10.0. The van der Waals surface area contributed by atoms with Gasteiger partial charge in [0, 0.05) is 29.4 Å². The number of aromatic nitrogens is 3. The molecule has 1 saturated heterocycles. The molecule has 0 amide bonds. The number of rotatable bonds is 4. The van der Waals surface area contributed by atoms with Crippen LogP contribution in [0.15, 0.2) is 54.9 Å². The normalized spacial score (nSPS) is 15.0. The van der Waals surface area contributed by atoms with Gasteiger partial charge in [-0.25, -0.2) is 27.5 Å². The number of benzene rings is 2. The highest BCUT2D eigenvalue weighted by atomic mass is 19.3. The van der Waals surface area contributed by atoms with Gasteiger partial charge in [0.15, 0.2) is 5.82 Å². The van der Waals surface area contributed by atoms with E-state index in [1.165, 1.54) is 24.1 Å². The second kappa shape index (κ2) is 7.44. The van der Waals surface area contributed by atoms with Crippen LogP contribution in [0.2, 0.25) is 0 Å². The first-order chi connectivity index (χ1) is 15.3. The molecule has 2 aromatic carbocycles. The molecule has 162 valence electrons. The Kier molecular flexibility index (Phi) is 4.69. The van der Waals surface area contributed by atoms with E-state index in [1.54, 1.807) is 36.7 Å². The first-order valence-electron chi connectivity index (χ1n) is 9.72. The maximum absolute atomic E-state index is 13.8. The van der Waals surface area contributed by atoms with Crippen LogP contribution in [-0.4, -0.2) is 41.1 Å². The van der Waals surface area contributed by atoms with Crippen molar-refractivity contribution < 1.29 is 22.3 Å². The van der Waals surface area contributed by atoms with Gasteiger partial charge in [0.1, 0.15) is 28.7 Å². The molecule has 0 radical (unpaired) electrons. The highest BCUT2D eigenvalue weighted by molar-refractivity contribution is 5.98. The molecule has 32 heavy (non-hydrogen) atoms. The first-order valence-corrected chi connectivity index (χ1v) is 9.72. The van der Waals surface area contributed by atoms with Crippen molar-refractivity contribution in [2.75, 3.05) is 25.1 Å². The number of methoxy groups -OCH3 is 1. The number of fused-ring (bicyclic) bond motifs is 1. The Hall–Kier alpha value is -3.75. The van der Waals surface area contributed by atoms with Crippen molar-refractivity contribution >= 4 is 16.7 Å². The van der Waals surface area contributed by atoms with Crippen LogP contribution in [0.3, 0.4) is 0 Å². The summed E-state index contributed by atoms with van der Waals surface area (Å²) in [6, 6.07) is 9.87. The lowest BCUT2D eigenvalue weighted by Gasteiger charge is -2.40. The minimum atomic E-state index is -2.82. The smallest absolute Gasteiger partial charge is 0.282 e. The molecule has 0 aliphatic carbocycles. The van der Waals surface area contributed by atoms with Crippen LogP contribution in [0.5, 0.6) is 5.75 Å². The molecule has 1 aliphatic rings. The number of hydrogen-bond donors (Lipinski definition) is 0. The summed E-state index contributed by atoms with van der Waals surface area (Å²) in [6.45, 7) is -0.987. The molecule has 9 heteroatoms. The van der Waals surface area contributed by atoms with Gasteiger partial charge in [-0.15, -0.1) is 0 Å². The van der Waals surface area contributed by atoms with Gasteiger partial charge in [0.25, 0.3) is 5.92 Å². The highest BCUT2D eigenvalue weighted by Crippen LogP contribution is 2.40. The monoisotopic (exact) mass is 440 g/mol. The molecule has 2 aromatic heterocycles. The van der Waals surface area contributed by atoms with Crippen molar-refractivity contribution in [3.63, 3.8) is 0 Å². The fourth-order valence-electron chi connectivity index (χ4n) is 3.75. The van der Waals surface area contributed by atoms with Gasteiger partial charge >= 0.3 is 0 Å². The van der Waals surface area contributed by atoms with Crippen molar-refractivity contribution in [1.82, 2.24) is 15.0 Å². The summed E-state index contributed by atoms with van der Waals surface area (Å²) in [5.41, 5.74) is 1.73. The lowest BCUT2D eigenvalue weighted by Crippen LogP contribution is -2.56. The summed E-state index contributed by atoms with van der Waals surface area (Å²) in [4.78, 5) is 14.6. The second-order valence-corrected chi connectivity index (χ2v) is 7.56. The highest BCUT2D eigenvalue weighted by Gasteiger charge is 2.45. The molecular weight excluding hydrogens is 424 g/mol. The van der Waals surface area contributed by atoms with Crippen molar-refractivity contribution in [3.05, 3.63) is 66.5 Å². The lowest BCUT2D eigenvalue weighted by molar-refractivity contribution is -0.0265. The molecule has 0 unspecified atom stereocenters. The zero-order valence-electron chi connectivity index (χ0n) is 16.8. The third-order valence-corrected chi connectivity index (χ3v) is 5.22. The van der Waals surface area contributed by atoms with Gasteiger partial charge in [-0.2, -0.15) is 0 Å². The SMILES string of the molecule is COc1cc(-c2cc(F)cc(F)c2)cc2c(N3CC(F)(F)C3)nc(-c3cccnc3)nc12. The third kappa shape index (κ3) is 3.59. The summed E-state index contributed by atoms with van der Waals surface area (Å²) in [7, 11) is 1.44. The van der Waals surface area contributed by atoms with Gasteiger partial charge in [0.2, 0.25) is 0 Å². The molecule has 3 heterocycles. The Morgan fingerprint density at radius 2 is 1.66 bits per heavy atom. The van der Waals surface area contributed by atoms with E-state index in [2.05, 4.69) is 15.0 Å². The van der Waals surface area contributed by atoms with Gasteiger partial charge in [-0.3, -0.25) is 4.98 Å². The Balaban J connectivity index is 1.76. The van der Waals surface area contributed by atoms with Crippen molar-refractivity contribution in [1.29, 1.82) is 0 Å². The van der Waals surface area contributed by atoms with Gasteiger partial charge in [-0.1, -0.05) is 0 Å². The van der Waals surface area contributed by atoms with Gasteiger partial charge < -0.3 is 9.64 Å². The van der Waals surface area contributed by atoms with E-state index in [-0.39, 0.29) is 11.4 Å². The molecule has 0 spiro atoms. The molecule has 0 bridgehead atoms. The van der Waals surface area contributed by atoms with Crippen LogP contribution in [0.25, 0.3) is 33.4 Å². The molecule has 5 nitrogen and oxygen atoms in total. The molecule has 1 fully saturated rings. The average molecular weight is 440 g/mol. The van der Waals surface area contributed by atoms with E-state index in [4.69, 9.17) is 4.74 Å². The Bertz CT molecular complexity index is 1300. The van der Waals surface area contributed by atoms with Gasteiger partial charge in [-0.05, 0) is 47.5 Å². The van der Waals surface area contributed by atoms with E-state index < -0.39 is 30.6 Å². The van der Waals surface area contributed by atoms with E-state index in [0.29, 0.717) is 33.6 Å². The van der Waals surface area contributed by atoms with Gasteiger partial charge in [0.05, 0.1) is 20.2 Å². The minimum Gasteiger partial charge on any atom is -0.494 e. The molecular formula is C23H16F4N4O. The molecule has 0 atom stereocenters. The molecule has 1 aliphatic heterocycles. The number of anilines is 1. The Labute approximate surface area is 180 Å². The van der Waals surface area contributed by atoms with Crippen LogP contribution in [0.1, 0.15) is 0 Å². The fraction of sp³-hybridized carbons (Fsp3) is 0.174. The third-order valence-electron chi connectivity index (χ3n) is 5.22. The fourth-order valence-corrected chi connectivity index (χ4v) is 3.75. The topological polar surface area (TPSA) is 51.1 Å². The zero-order chi connectivity index (χ0) is 22.5. The maximum Gasteiger partial charge on any atom is 0.282 e. The number of nitrogens with zero attached hydrogens (tertiary/aromatic N) is 4. The van der Waals surface area contributed by atoms with Crippen LogP contribution in [0, 0.1) is 11.6 Å². The summed E-state index contributed by atoms with van der Waals surface area (Å²) in [5, 5.41) is 0.437. The van der Waals surface area contributed by atoms with Crippen molar-refractivity contribution in [2.24, 2.45) is 0 Å². The standard InChI is InChI=1S/C23H16F4N4O/c1-32-19-8-15(14-5-16(24)9-17(25)6-14)7-18-20(19)29-21(13-3-2-4-28-10-13)30-22(18)31-11-23(26,27)12-31/h2-10H,11-12H2,1H3. The Morgan fingerprint density at radius 1 is 0.938 bits per heavy atom. The van der Waals surface area contributed by atoms with Crippen molar-refractivity contribution in [3.8, 4) is 28.3 Å². The molecule has 4 aromatic rings. The predicted molar refractivity (Wildman–Crippen MR) is 112 cm³/mol. The van der Waals surface area contributed by atoms with E-state index in [9.17, 15) is 17.6 Å². The van der Waals surface area contributed by atoms with E-state index in [1.807, 2.05) is 0 Å². The average Bonchev–Trinajstić information content (AvgIpc) is 2.75. The van der Waals surface area contributed by atoms with Crippen LogP contribution >= 0.6 is 0 Å². The number of ether oxygens (including phenoxy) is 1. The number of alkyl halides is 2.